The summed E-state index contributed by atoms with van der Waals surface area (Å²) in [6.45, 7) is 3.19. The van der Waals surface area contributed by atoms with E-state index in [0.29, 0.717) is 12.1 Å². The Hall–Kier alpha value is -2.05. The van der Waals surface area contributed by atoms with Gasteiger partial charge in [-0.3, -0.25) is 9.59 Å². The summed E-state index contributed by atoms with van der Waals surface area (Å²) < 4.78 is 39.1. The van der Waals surface area contributed by atoms with Crippen molar-refractivity contribution in [2.75, 3.05) is 5.32 Å². The Kier molecular flexibility index (Phi) is 3.23. The van der Waals surface area contributed by atoms with Crippen LogP contribution in [0.2, 0.25) is 0 Å². The fourth-order valence-corrected chi connectivity index (χ4v) is 2.42. The highest BCUT2D eigenvalue weighted by Crippen LogP contribution is 2.58. The molecule has 0 saturated heterocycles. The fourth-order valence-electron chi connectivity index (χ4n) is 2.42. The van der Waals surface area contributed by atoms with Gasteiger partial charge in [-0.25, -0.2) is 13.2 Å². The highest BCUT2D eigenvalue weighted by Gasteiger charge is 2.65. The van der Waals surface area contributed by atoms with Crippen LogP contribution in [0.5, 0.6) is 0 Å². The van der Waals surface area contributed by atoms with E-state index >= 15 is 0 Å². The standard InChI is InChI=1S/C13H12F3NO3/c1-13(2)9(10(13)12(19)20)11(18)17-8-4-6(15)5(14)3-7(8)16/h3-4,9-10H,1-2H3,(H,17,18)(H,19,20). The normalized spacial score (nSPS) is 23.2. The molecule has 0 aliphatic heterocycles. The molecule has 4 nitrogen and oxygen atoms in total. The van der Waals surface area contributed by atoms with Crippen LogP contribution < -0.4 is 5.32 Å². The lowest BCUT2D eigenvalue weighted by Crippen LogP contribution is -2.18. The summed E-state index contributed by atoms with van der Waals surface area (Å²) in [7, 11) is 0. The SMILES string of the molecule is CC1(C)C(C(=O)O)C1C(=O)Nc1cc(F)c(F)cc1F. The summed E-state index contributed by atoms with van der Waals surface area (Å²) in [5, 5.41) is 11.0. The molecule has 2 rings (SSSR count). The van der Waals surface area contributed by atoms with Crippen molar-refractivity contribution >= 4 is 17.6 Å². The molecule has 108 valence electrons. The number of amides is 1. The Morgan fingerprint density at radius 3 is 2.15 bits per heavy atom. The molecule has 2 atom stereocenters. The van der Waals surface area contributed by atoms with Gasteiger partial charge < -0.3 is 10.4 Å². The molecule has 0 aromatic heterocycles. The maximum absolute atomic E-state index is 13.4. The van der Waals surface area contributed by atoms with Crippen molar-refractivity contribution in [1.29, 1.82) is 0 Å². The summed E-state index contributed by atoms with van der Waals surface area (Å²) in [5.74, 6) is -7.36. The van der Waals surface area contributed by atoms with E-state index in [1.165, 1.54) is 0 Å². The number of hydrogen-bond donors (Lipinski definition) is 2. The van der Waals surface area contributed by atoms with Crippen molar-refractivity contribution in [3.05, 3.63) is 29.6 Å². The molecule has 1 amide bonds. The van der Waals surface area contributed by atoms with Crippen molar-refractivity contribution in [2.24, 2.45) is 17.3 Å². The van der Waals surface area contributed by atoms with E-state index in [4.69, 9.17) is 5.11 Å². The first kappa shape index (κ1) is 14.4. The third-order valence-electron chi connectivity index (χ3n) is 3.64. The van der Waals surface area contributed by atoms with Crippen LogP contribution in [0.4, 0.5) is 18.9 Å². The van der Waals surface area contributed by atoms with E-state index in [-0.39, 0.29) is 0 Å². The van der Waals surface area contributed by atoms with Crippen molar-refractivity contribution in [3.8, 4) is 0 Å². The van der Waals surface area contributed by atoms with Gasteiger partial charge in [0.05, 0.1) is 17.5 Å². The maximum Gasteiger partial charge on any atom is 0.307 e. The molecule has 0 heterocycles. The molecular weight excluding hydrogens is 275 g/mol. The quantitative estimate of drug-likeness (QED) is 0.839. The van der Waals surface area contributed by atoms with Crippen LogP contribution >= 0.6 is 0 Å². The minimum Gasteiger partial charge on any atom is -0.481 e. The van der Waals surface area contributed by atoms with E-state index < -0.39 is 52.3 Å². The molecule has 2 N–H and O–H groups in total. The predicted octanol–water partition coefficient (Wildman–Crippen LogP) is 2.40. The molecule has 1 aliphatic carbocycles. The van der Waals surface area contributed by atoms with Gasteiger partial charge in [0, 0.05) is 12.1 Å². The average molecular weight is 287 g/mol. The number of benzene rings is 1. The maximum atomic E-state index is 13.4. The summed E-state index contributed by atoms with van der Waals surface area (Å²) in [4.78, 5) is 22.8. The monoisotopic (exact) mass is 287 g/mol. The molecule has 1 aromatic rings. The average Bonchev–Trinajstić information content (AvgIpc) is 2.89. The second-order valence-corrected chi connectivity index (χ2v) is 5.35. The van der Waals surface area contributed by atoms with Crippen LogP contribution in [-0.4, -0.2) is 17.0 Å². The van der Waals surface area contributed by atoms with Gasteiger partial charge >= 0.3 is 5.97 Å². The van der Waals surface area contributed by atoms with Crippen LogP contribution in [0.25, 0.3) is 0 Å². The molecule has 1 aromatic carbocycles. The first-order valence-corrected chi connectivity index (χ1v) is 5.84. The van der Waals surface area contributed by atoms with E-state index in [9.17, 15) is 22.8 Å². The second kappa shape index (κ2) is 4.50. The number of carbonyl (C=O) groups excluding carboxylic acids is 1. The van der Waals surface area contributed by atoms with E-state index in [0.717, 1.165) is 0 Å². The number of carbonyl (C=O) groups is 2. The Morgan fingerprint density at radius 1 is 1.10 bits per heavy atom. The fraction of sp³-hybridized carbons (Fsp3) is 0.385. The predicted molar refractivity (Wildman–Crippen MR) is 63.3 cm³/mol. The van der Waals surface area contributed by atoms with Crippen molar-refractivity contribution < 1.29 is 27.9 Å². The third-order valence-corrected chi connectivity index (χ3v) is 3.64. The Bertz CT molecular complexity index is 601. The highest BCUT2D eigenvalue weighted by molar-refractivity contribution is 5.99. The van der Waals surface area contributed by atoms with Gasteiger partial charge in [-0.2, -0.15) is 0 Å². The third kappa shape index (κ3) is 2.23. The highest BCUT2D eigenvalue weighted by atomic mass is 19.2. The largest absolute Gasteiger partial charge is 0.481 e. The summed E-state index contributed by atoms with van der Waals surface area (Å²) >= 11 is 0. The first-order valence-electron chi connectivity index (χ1n) is 5.84. The number of halogens is 3. The molecule has 20 heavy (non-hydrogen) atoms. The minimum absolute atomic E-state index is 0.317. The smallest absolute Gasteiger partial charge is 0.307 e. The second-order valence-electron chi connectivity index (χ2n) is 5.35. The van der Waals surface area contributed by atoms with E-state index in [1.54, 1.807) is 13.8 Å². The molecular formula is C13H12F3NO3. The number of aliphatic carboxylic acids is 1. The lowest BCUT2D eigenvalue weighted by atomic mass is 10.1. The lowest BCUT2D eigenvalue weighted by Gasteiger charge is -2.07. The molecule has 0 bridgehead atoms. The summed E-state index contributed by atoms with van der Waals surface area (Å²) in [6, 6.07) is 0.839. The van der Waals surface area contributed by atoms with Gasteiger partial charge in [0.25, 0.3) is 0 Å². The van der Waals surface area contributed by atoms with Crippen LogP contribution in [0.3, 0.4) is 0 Å². The number of carboxylic acid groups (broad SMARTS) is 1. The number of carboxylic acids is 1. The zero-order valence-corrected chi connectivity index (χ0v) is 10.7. The number of hydrogen-bond acceptors (Lipinski definition) is 2. The van der Waals surface area contributed by atoms with Gasteiger partial charge in [0.2, 0.25) is 5.91 Å². The molecule has 0 radical (unpaired) electrons. The number of nitrogens with one attached hydrogen (secondary N) is 1. The Morgan fingerprint density at radius 2 is 1.65 bits per heavy atom. The summed E-state index contributed by atoms with van der Waals surface area (Å²) in [6.07, 6.45) is 0. The molecule has 7 heteroatoms. The zero-order valence-electron chi connectivity index (χ0n) is 10.7. The van der Waals surface area contributed by atoms with Gasteiger partial charge in [-0.15, -0.1) is 0 Å². The summed E-state index contributed by atoms with van der Waals surface area (Å²) in [5.41, 5.74) is -1.27. The van der Waals surface area contributed by atoms with Crippen LogP contribution in [0, 0.1) is 34.7 Å². The minimum atomic E-state index is -1.37. The van der Waals surface area contributed by atoms with Crippen LogP contribution in [0.15, 0.2) is 12.1 Å². The molecule has 1 aliphatic rings. The van der Waals surface area contributed by atoms with Crippen molar-refractivity contribution in [3.63, 3.8) is 0 Å². The van der Waals surface area contributed by atoms with Crippen molar-refractivity contribution in [1.82, 2.24) is 0 Å². The lowest BCUT2D eigenvalue weighted by molar-refractivity contribution is -0.140. The number of rotatable bonds is 3. The van der Waals surface area contributed by atoms with Gasteiger partial charge in [-0.1, -0.05) is 13.8 Å². The molecule has 0 spiro atoms. The van der Waals surface area contributed by atoms with Crippen LogP contribution in [-0.2, 0) is 9.59 Å². The molecule has 1 saturated carbocycles. The van der Waals surface area contributed by atoms with Gasteiger partial charge in [0.15, 0.2) is 11.6 Å². The number of anilines is 1. The first-order chi connectivity index (χ1) is 9.16. The van der Waals surface area contributed by atoms with Gasteiger partial charge in [-0.05, 0) is 5.41 Å². The van der Waals surface area contributed by atoms with Gasteiger partial charge in [0.1, 0.15) is 5.82 Å². The van der Waals surface area contributed by atoms with Crippen molar-refractivity contribution in [2.45, 2.75) is 13.8 Å². The van der Waals surface area contributed by atoms with E-state index in [2.05, 4.69) is 5.32 Å². The zero-order chi connectivity index (χ0) is 15.2. The van der Waals surface area contributed by atoms with E-state index in [1.807, 2.05) is 0 Å². The Labute approximate surface area is 112 Å². The molecule has 1 fully saturated rings. The van der Waals surface area contributed by atoms with Crippen LogP contribution in [0.1, 0.15) is 13.8 Å². The Balaban J connectivity index is 2.18. The topological polar surface area (TPSA) is 66.4 Å². The molecule has 2 unspecified atom stereocenters.